The van der Waals surface area contributed by atoms with Gasteiger partial charge in [0.2, 0.25) is 5.91 Å². The largest absolute Gasteiger partial charge is 0.504 e. The monoisotopic (exact) mass is 626 g/mol. The van der Waals surface area contributed by atoms with Gasteiger partial charge in [-0.1, -0.05) is 32.3 Å². The highest BCUT2D eigenvalue weighted by Crippen LogP contribution is 2.64. The van der Waals surface area contributed by atoms with E-state index in [2.05, 4.69) is 23.3 Å². The van der Waals surface area contributed by atoms with Gasteiger partial charge in [-0.3, -0.25) is 14.4 Å². The van der Waals surface area contributed by atoms with Gasteiger partial charge < -0.3 is 29.9 Å². The van der Waals surface area contributed by atoms with E-state index in [1.807, 2.05) is 6.92 Å². The molecule has 7 unspecified atom stereocenters. The van der Waals surface area contributed by atoms with Crippen LogP contribution >= 0.6 is 0 Å². The fourth-order valence-electron chi connectivity index (χ4n) is 8.56. The number of unbranched alkanes of at least 4 members (excludes halogenated alkanes) is 4. The first-order valence-electron chi connectivity index (χ1n) is 17.5. The number of phenolic OH excluding ortho intramolecular Hbond substituents is 1. The van der Waals surface area contributed by atoms with Crippen LogP contribution in [0.15, 0.2) is 12.1 Å². The Morgan fingerprint density at radius 2 is 1.84 bits per heavy atom. The van der Waals surface area contributed by atoms with Gasteiger partial charge in [0.05, 0.1) is 6.10 Å². The Morgan fingerprint density at radius 1 is 1.07 bits per heavy atom. The number of aromatic hydroxyl groups is 1. The van der Waals surface area contributed by atoms with Crippen molar-refractivity contribution >= 4 is 17.5 Å². The summed E-state index contributed by atoms with van der Waals surface area (Å²) in [5.74, 6) is 1.73. The Morgan fingerprint density at radius 3 is 2.62 bits per heavy atom. The van der Waals surface area contributed by atoms with E-state index in [-0.39, 0.29) is 59.6 Å². The second kappa shape index (κ2) is 14.9. The van der Waals surface area contributed by atoms with Gasteiger partial charge in [0.1, 0.15) is 17.7 Å². The summed E-state index contributed by atoms with van der Waals surface area (Å²) in [5.41, 5.74) is 2.23. The number of nitrogens with zero attached hydrogens (tertiary/aromatic N) is 1. The van der Waals surface area contributed by atoms with Gasteiger partial charge in [0, 0.05) is 55.2 Å². The van der Waals surface area contributed by atoms with Crippen LogP contribution in [0.1, 0.15) is 115 Å². The summed E-state index contributed by atoms with van der Waals surface area (Å²) < 4.78 is 12.7. The highest BCUT2D eigenvalue weighted by Gasteiger charge is 2.65. The highest BCUT2D eigenvalue weighted by atomic mass is 16.6. The fraction of sp³-hybridized carbons (Fsp3) is 0.750. The van der Waals surface area contributed by atoms with Crippen molar-refractivity contribution in [2.24, 2.45) is 11.8 Å². The molecule has 2 heterocycles. The summed E-state index contributed by atoms with van der Waals surface area (Å²) in [6.45, 7) is 5.19. The maximum atomic E-state index is 12.6. The van der Waals surface area contributed by atoms with Crippen LogP contribution in [0.2, 0.25) is 0 Å². The zero-order chi connectivity index (χ0) is 32.1. The normalized spacial score (nSPS) is 27.7. The molecule has 1 saturated carbocycles. The second-order valence-corrected chi connectivity index (χ2v) is 14.2. The maximum absolute atomic E-state index is 12.6. The summed E-state index contributed by atoms with van der Waals surface area (Å²) in [4.78, 5) is 38.3. The van der Waals surface area contributed by atoms with E-state index in [1.165, 1.54) is 11.1 Å². The number of ketones is 2. The molecule has 1 saturated heterocycles. The molecule has 0 radical (unpaired) electrons. The van der Waals surface area contributed by atoms with Crippen molar-refractivity contribution in [3.63, 3.8) is 0 Å². The number of Topliss-reactive ketones (excluding diaryl/α,β-unsaturated/α-hetero) is 2. The van der Waals surface area contributed by atoms with Gasteiger partial charge >= 0.3 is 0 Å². The van der Waals surface area contributed by atoms with Crippen molar-refractivity contribution in [1.82, 2.24) is 10.2 Å². The number of hydrogen-bond acceptors (Lipinski definition) is 8. The molecule has 4 aliphatic rings. The van der Waals surface area contributed by atoms with Gasteiger partial charge in [-0.25, -0.2) is 0 Å². The van der Waals surface area contributed by atoms with E-state index in [0.717, 1.165) is 77.2 Å². The fourth-order valence-corrected chi connectivity index (χ4v) is 8.56. The lowest BCUT2D eigenvalue weighted by atomic mass is 9.51. The van der Waals surface area contributed by atoms with Gasteiger partial charge in [0.15, 0.2) is 17.8 Å². The number of ether oxygens (including phenoxy) is 2. The third-order valence-corrected chi connectivity index (χ3v) is 11.2. The summed E-state index contributed by atoms with van der Waals surface area (Å²) in [6.07, 6.45) is 9.73. The highest BCUT2D eigenvalue weighted by molar-refractivity contribution is 5.78. The molecule has 45 heavy (non-hydrogen) atoms. The predicted molar refractivity (Wildman–Crippen MR) is 171 cm³/mol. The molecular weight excluding hydrogens is 572 g/mol. The van der Waals surface area contributed by atoms with Crippen molar-refractivity contribution in [3.8, 4) is 11.5 Å². The number of rotatable bonds is 18. The zero-order valence-corrected chi connectivity index (χ0v) is 27.5. The van der Waals surface area contributed by atoms with Gasteiger partial charge in [-0.2, -0.15) is 0 Å². The summed E-state index contributed by atoms with van der Waals surface area (Å²) in [6, 6.07) is 4.24. The Bertz CT molecular complexity index is 1220. The molecule has 250 valence electrons. The van der Waals surface area contributed by atoms with Crippen molar-refractivity contribution in [2.75, 3.05) is 20.1 Å². The van der Waals surface area contributed by atoms with Crippen LogP contribution in [0.3, 0.4) is 0 Å². The maximum Gasteiger partial charge on any atom is 0.219 e. The number of carbonyl (C=O) groups excluding carboxylic acids is 3. The van der Waals surface area contributed by atoms with E-state index in [4.69, 9.17) is 9.47 Å². The summed E-state index contributed by atoms with van der Waals surface area (Å²) >= 11 is 0. The molecule has 2 fully saturated rings. The topological polar surface area (TPSA) is 125 Å². The first-order valence-corrected chi connectivity index (χ1v) is 17.5. The number of amides is 1. The molecule has 9 nitrogen and oxygen atoms in total. The van der Waals surface area contributed by atoms with Crippen molar-refractivity contribution in [2.45, 2.75) is 140 Å². The number of aliphatic hydroxyl groups excluding tert-OH is 1. The first-order chi connectivity index (χ1) is 21.6. The van der Waals surface area contributed by atoms with Crippen LogP contribution in [0, 0.1) is 11.8 Å². The van der Waals surface area contributed by atoms with Gasteiger partial charge in [-0.05, 0) is 89.4 Å². The number of likely N-dealkylation sites (tertiary alicyclic amines) is 1. The quantitative estimate of drug-likeness (QED) is 0.154. The lowest BCUT2D eigenvalue weighted by Crippen LogP contribution is -2.66. The Hall–Kier alpha value is -2.49. The third-order valence-electron chi connectivity index (χ3n) is 11.2. The van der Waals surface area contributed by atoms with E-state index < -0.39 is 6.29 Å². The molecular formula is C36H54N2O7. The SMILES string of the molecule is CC(=O)C(C)CCCCNC(=O)CCCCCCC(=O)CCC(O)OC1CCC2C3Cc4ccc(O)c5c4C2(CCN3C)C1O5. The standard InChI is InChI=1S/C36H54N2O7/c1-23(24(2)39)10-8-9-20-37-31(42)12-7-5-4-6-11-26(40)14-18-32(43)44-30-17-15-27-28-22-25-13-16-29(41)34-33(25)36(27,35(30)45-34)19-21-38(28)3/h13,16,23,27-28,30,32,35,41,43H,4-12,14-15,17-22H2,1-3H3,(H,37,42). The number of benzene rings is 1. The zero-order valence-electron chi connectivity index (χ0n) is 27.5. The second-order valence-electron chi connectivity index (χ2n) is 14.2. The molecule has 2 aliphatic heterocycles. The van der Waals surface area contributed by atoms with Crippen molar-refractivity contribution in [3.05, 3.63) is 23.3 Å². The molecule has 3 N–H and O–H groups in total. The molecule has 7 atom stereocenters. The Labute approximate surface area is 268 Å². The van der Waals surface area contributed by atoms with Crippen LogP contribution in [0.4, 0.5) is 0 Å². The molecule has 1 amide bonds. The minimum Gasteiger partial charge on any atom is -0.504 e. The van der Waals surface area contributed by atoms with Gasteiger partial charge in [-0.15, -0.1) is 0 Å². The van der Waals surface area contributed by atoms with Gasteiger partial charge in [0.25, 0.3) is 0 Å². The molecule has 5 rings (SSSR count). The average molecular weight is 627 g/mol. The smallest absolute Gasteiger partial charge is 0.219 e. The molecule has 0 aromatic heterocycles. The Kier molecular flexibility index (Phi) is 11.2. The number of hydrogen-bond donors (Lipinski definition) is 3. The van der Waals surface area contributed by atoms with Crippen molar-refractivity contribution < 1.29 is 34.1 Å². The summed E-state index contributed by atoms with van der Waals surface area (Å²) in [5, 5.41) is 24.5. The molecule has 2 aliphatic carbocycles. The first kappa shape index (κ1) is 33.9. The minimum atomic E-state index is -1.03. The number of aliphatic hydroxyl groups is 1. The number of phenols is 1. The molecule has 1 aromatic rings. The van der Waals surface area contributed by atoms with Crippen LogP contribution in [-0.4, -0.2) is 77.3 Å². The van der Waals surface area contributed by atoms with Crippen molar-refractivity contribution in [1.29, 1.82) is 0 Å². The van der Waals surface area contributed by atoms with E-state index in [9.17, 15) is 24.6 Å². The number of nitrogens with one attached hydrogen (secondary N) is 1. The van der Waals surface area contributed by atoms with Crippen LogP contribution in [-0.2, 0) is 31.0 Å². The predicted octanol–water partition coefficient (Wildman–Crippen LogP) is 4.97. The molecule has 9 heteroatoms. The van der Waals surface area contributed by atoms with Crippen LogP contribution in [0.25, 0.3) is 0 Å². The number of carbonyl (C=O) groups is 3. The number of likely N-dealkylation sites (N-methyl/N-ethyl adjacent to an activating group) is 1. The van der Waals surface area contributed by atoms with Crippen LogP contribution < -0.4 is 10.1 Å². The van der Waals surface area contributed by atoms with Crippen LogP contribution in [0.5, 0.6) is 11.5 Å². The molecule has 2 bridgehead atoms. The summed E-state index contributed by atoms with van der Waals surface area (Å²) in [7, 11) is 2.21. The van der Waals surface area contributed by atoms with E-state index in [0.29, 0.717) is 37.1 Å². The molecule has 1 spiro atoms. The third kappa shape index (κ3) is 7.41. The molecule has 1 aromatic carbocycles. The number of piperidine rings is 1. The average Bonchev–Trinajstić information content (AvgIpc) is 3.37. The van der Waals surface area contributed by atoms with E-state index in [1.54, 1.807) is 13.0 Å². The van der Waals surface area contributed by atoms with E-state index >= 15 is 0 Å². The minimum absolute atomic E-state index is 0.0658. The lowest BCUT2D eigenvalue weighted by Gasteiger charge is -2.59. The lowest BCUT2D eigenvalue weighted by molar-refractivity contribution is -0.196. The Balaban J connectivity index is 0.978.